The van der Waals surface area contributed by atoms with Crippen LogP contribution < -0.4 is 5.32 Å². The van der Waals surface area contributed by atoms with Crippen LogP contribution in [0.3, 0.4) is 0 Å². The van der Waals surface area contributed by atoms with E-state index in [0.717, 1.165) is 44.6 Å². The third-order valence-corrected chi connectivity index (χ3v) is 6.09. The number of amides is 2. The molecule has 2 fully saturated rings. The second-order valence-electron chi connectivity index (χ2n) is 8.34. The van der Waals surface area contributed by atoms with Crippen molar-refractivity contribution >= 4 is 11.8 Å². The Bertz CT molecular complexity index is 845. The number of carbonyl (C=O) groups is 2. The Morgan fingerprint density at radius 3 is 2.29 bits per heavy atom. The van der Waals surface area contributed by atoms with E-state index in [2.05, 4.69) is 10.2 Å². The summed E-state index contributed by atoms with van der Waals surface area (Å²) in [4.78, 5) is 30.4. The van der Waals surface area contributed by atoms with Gasteiger partial charge < -0.3 is 15.0 Å². The number of nitrogens with zero attached hydrogens (tertiary/aromatic N) is 2. The predicted molar refractivity (Wildman–Crippen MR) is 120 cm³/mol. The number of rotatable bonds is 7. The minimum atomic E-state index is -0.583. The minimum absolute atomic E-state index is 0.00935. The smallest absolute Gasteiger partial charge is 0.251 e. The molecule has 0 aliphatic carbocycles. The summed E-state index contributed by atoms with van der Waals surface area (Å²) in [7, 11) is 0. The van der Waals surface area contributed by atoms with Crippen molar-refractivity contribution in [1.82, 2.24) is 15.1 Å². The molecule has 2 saturated heterocycles. The van der Waals surface area contributed by atoms with Crippen molar-refractivity contribution in [3.05, 3.63) is 71.8 Å². The summed E-state index contributed by atoms with van der Waals surface area (Å²) in [6.07, 6.45) is 3.09. The number of ether oxygens (including phenoxy) is 1. The van der Waals surface area contributed by atoms with Gasteiger partial charge in [-0.2, -0.15) is 0 Å². The van der Waals surface area contributed by atoms with Crippen LogP contribution in [0.25, 0.3) is 0 Å². The lowest BCUT2D eigenvalue weighted by Gasteiger charge is -2.37. The Morgan fingerprint density at radius 2 is 1.65 bits per heavy atom. The van der Waals surface area contributed by atoms with Gasteiger partial charge in [-0.1, -0.05) is 48.5 Å². The maximum atomic E-state index is 13.4. The van der Waals surface area contributed by atoms with Crippen LogP contribution in [0.15, 0.2) is 60.7 Å². The van der Waals surface area contributed by atoms with Crippen LogP contribution in [0, 0.1) is 0 Å². The van der Waals surface area contributed by atoms with E-state index in [1.54, 1.807) is 12.1 Å². The molecule has 0 saturated carbocycles. The van der Waals surface area contributed by atoms with Crippen LogP contribution in [0.1, 0.15) is 28.8 Å². The van der Waals surface area contributed by atoms with Gasteiger partial charge in [-0.25, -0.2) is 0 Å². The van der Waals surface area contributed by atoms with E-state index in [1.807, 2.05) is 53.4 Å². The van der Waals surface area contributed by atoms with E-state index >= 15 is 0 Å². The molecule has 6 nitrogen and oxygen atoms in total. The highest BCUT2D eigenvalue weighted by molar-refractivity contribution is 5.97. The number of piperazine rings is 1. The number of hydrogen-bond donors (Lipinski definition) is 1. The highest BCUT2D eigenvalue weighted by atomic mass is 16.5. The number of hydrogen-bond acceptors (Lipinski definition) is 4. The zero-order valence-corrected chi connectivity index (χ0v) is 17.9. The van der Waals surface area contributed by atoms with Gasteiger partial charge in [0.15, 0.2) is 0 Å². The molecule has 31 heavy (non-hydrogen) atoms. The first-order valence-electron chi connectivity index (χ1n) is 11.2. The molecule has 164 valence electrons. The lowest BCUT2D eigenvalue weighted by atomic mass is 10.0. The summed E-state index contributed by atoms with van der Waals surface area (Å²) < 4.78 is 5.75. The number of benzene rings is 2. The van der Waals surface area contributed by atoms with E-state index < -0.39 is 6.04 Å². The average molecular weight is 422 g/mol. The molecule has 2 aromatic rings. The molecule has 0 unspecified atom stereocenters. The number of carbonyl (C=O) groups excluding carboxylic acids is 2. The van der Waals surface area contributed by atoms with Crippen LogP contribution in [0.4, 0.5) is 0 Å². The summed E-state index contributed by atoms with van der Waals surface area (Å²) in [6.45, 7) is 4.86. The predicted octanol–water partition coefficient (Wildman–Crippen LogP) is 2.35. The van der Waals surface area contributed by atoms with Gasteiger partial charge in [-0.3, -0.25) is 14.5 Å². The number of nitrogens with one attached hydrogen (secondary N) is 1. The molecular formula is C25H31N3O3. The maximum absolute atomic E-state index is 13.4. The zero-order valence-electron chi connectivity index (χ0n) is 17.9. The molecule has 0 bridgehead atoms. The van der Waals surface area contributed by atoms with Gasteiger partial charge in [0.1, 0.15) is 6.04 Å². The molecule has 1 N–H and O–H groups in total. The molecule has 2 aromatic carbocycles. The summed E-state index contributed by atoms with van der Waals surface area (Å²) in [6, 6.07) is 18.3. The molecule has 0 radical (unpaired) electrons. The van der Waals surface area contributed by atoms with Gasteiger partial charge in [-0.15, -0.1) is 0 Å². The zero-order chi connectivity index (χ0) is 21.5. The van der Waals surface area contributed by atoms with E-state index in [9.17, 15) is 9.59 Å². The van der Waals surface area contributed by atoms with E-state index in [-0.39, 0.29) is 11.8 Å². The third kappa shape index (κ3) is 5.93. The Hall–Kier alpha value is -2.70. The Labute approximate surface area is 184 Å². The van der Waals surface area contributed by atoms with Crippen molar-refractivity contribution in [2.24, 2.45) is 0 Å². The molecule has 2 heterocycles. The normalized spacial score (nSPS) is 20.4. The first-order chi connectivity index (χ1) is 15.2. The van der Waals surface area contributed by atoms with E-state index in [1.165, 1.54) is 0 Å². The standard InChI is InChI=1S/C25H31N3O3/c29-24(21-10-5-2-6-11-21)26-23(18-20-8-3-1-4-9-20)25(30)28-15-13-27(14-16-28)19-22-12-7-17-31-22/h1-6,8-11,22-23H,7,12-19H2,(H,26,29)/t22-,23+/m1/s1. The van der Waals surface area contributed by atoms with Gasteiger partial charge in [0.25, 0.3) is 5.91 Å². The van der Waals surface area contributed by atoms with E-state index in [0.29, 0.717) is 31.2 Å². The van der Waals surface area contributed by atoms with Crippen molar-refractivity contribution in [2.45, 2.75) is 31.4 Å². The molecule has 4 rings (SSSR count). The van der Waals surface area contributed by atoms with Crippen molar-refractivity contribution in [3.63, 3.8) is 0 Å². The van der Waals surface area contributed by atoms with Crippen molar-refractivity contribution in [2.75, 3.05) is 39.3 Å². The van der Waals surface area contributed by atoms with Crippen molar-refractivity contribution in [3.8, 4) is 0 Å². The SMILES string of the molecule is O=C(N[C@@H](Cc1ccccc1)C(=O)N1CCN(C[C@H]2CCCO2)CC1)c1ccccc1. The Balaban J connectivity index is 1.39. The summed E-state index contributed by atoms with van der Waals surface area (Å²) in [5.74, 6) is -0.225. The quantitative estimate of drug-likeness (QED) is 0.746. The van der Waals surface area contributed by atoms with Crippen molar-refractivity contribution in [1.29, 1.82) is 0 Å². The molecule has 0 spiro atoms. The van der Waals surface area contributed by atoms with Crippen molar-refractivity contribution < 1.29 is 14.3 Å². The monoisotopic (exact) mass is 421 g/mol. The Kier molecular flexibility index (Phi) is 7.33. The maximum Gasteiger partial charge on any atom is 0.251 e. The first-order valence-corrected chi connectivity index (χ1v) is 11.2. The largest absolute Gasteiger partial charge is 0.377 e. The third-order valence-electron chi connectivity index (χ3n) is 6.09. The van der Waals surface area contributed by atoms with Gasteiger partial charge in [0, 0.05) is 51.3 Å². The minimum Gasteiger partial charge on any atom is -0.377 e. The van der Waals surface area contributed by atoms with Crippen LogP contribution >= 0.6 is 0 Å². The Morgan fingerprint density at radius 1 is 0.968 bits per heavy atom. The van der Waals surface area contributed by atoms with Crippen LogP contribution in [0.5, 0.6) is 0 Å². The molecule has 6 heteroatoms. The fraction of sp³-hybridized carbons (Fsp3) is 0.440. The topological polar surface area (TPSA) is 61.9 Å². The summed E-state index contributed by atoms with van der Waals surface area (Å²) >= 11 is 0. The summed E-state index contributed by atoms with van der Waals surface area (Å²) in [5.41, 5.74) is 1.60. The molecule has 2 aliphatic heterocycles. The van der Waals surface area contributed by atoms with Gasteiger partial charge in [-0.05, 0) is 30.5 Å². The molecular weight excluding hydrogens is 390 g/mol. The van der Waals surface area contributed by atoms with Gasteiger partial charge >= 0.3 is 0 Å². The highest BCUT2D eigenvalue weighted by Crippen LogP contribution is 2.15. The first kappa shape index (κ1) is 21.5. The summed E-state index contributed by atoms with van der Waals surface area (Å²) in [5, 5.41) is 2.99. The van der Waals surface area contributed by atoms with Gasteiger partial charge in [0.05, 0.1) is 6.10 Å². The van der Waals surface area contributed by atoms with E-state index in [4.69, 9.17) is 4.74 Å². The molecule has 2 atom stereocenters. The van der Waals surface area contributed by atoms with Gasteiger partial charge in [0.2, 0.25) is 5.91 Å². The highest BCUT2D eigenvalue weighted by Gasteiger charge is 2.30. The second-order valence-corrected chi connectivity index (χ2v) is 8.34. The lowest BCUT2D eigenvalue weighted by molar-refractivity contribution is -0.135. The van der Waals surface area contributed by atoms with Crippen LogP contribution in [-0.4, -0.2) is 73.1 Å². The lowest BCUT2D eigenvalue weighted by Crippen LogP contribution is -2.56. The van der Waals surface area contributed by atoms with Crippen LogP contribution in [0.2, 0.25) is 0 Å². The fourth-order valence-electron chi connectivity index (χ4n) is 4.33. The van der Waals surface area contributed by atoms with Crippen LogP contribution in [-0.2, 0) is 16.0 Å². The second kappa shape index (κ2) is 10.6. The average Bonchev–Trinajstić information content (AvgIpc) is 3.33. The molecule has 2 amide bonds. The fourth-order valence-corrected chi connectivity index (χ4v) is 4.33. The molecule has 0 aromatic heterocycles. The molecule has 2 aliphatic rings.